The van der Waals surface area contributed by atoms with Gasteiger partial charge in [0.1, 0.15) is 0 Å². The Morgan fingerprint density at radius 1 is 1.00 bits per heavy atom. The fraction of sp³-hybridized carbons (Fsp3) is 0. The fourth-order valence-electron chi connectivity index (χ4n) is 0.856. The number of carbonyl (C=O) groups is 2. The predicted molar refractivity (Wildman–Crippen MR) is 48.7 cm³/mol. The zero-order chi connectivity index (χ0) is 9.14. The summed E-state index contributed by atoms with van der Waals surface area (Å²) >= 11 is 0. The molecule has 0 saturated heterocycles. The Morgan fingerprint density at radius 3 is 1.50 bits per heavy atom. The van der Waals surface area contributed by atoms with Crippen LogP contribution in [-0.4, -0.2) is 22.2 Å². The van der Waals surface area contributed by atoms with Crippen LogP contribution in [0.1, 0.15) is 22.1 Å². The van der Waals surface area contributed by atoms with Crippen LogP contribution in [-0.2, 0) is 0 Å². The Labute approximate surface area is 110 Å². The van der Waals surface area contributed by atoms with Crippen molar-refractivity contribution >= 4 is 24.3 Å². The van der Waals surface area contributed by atoms with Crippen LogP contribution < -0.4 is 29.6 Å². The summed E-state index contributed by atoms with van der Waals surface area (Å²) in [5.41, 5.74) is -0.380. The number of benzene rings is 1. The van der Waals surface area contributed by atoms with E-state index in [-0.39, 0.29) is 54.5 Å². The van der Waals surface area contributed by atoms with Crippen LogP contribution in [0.25, 0.3) is 0 Å². The van der Waals surface area contributed by atoms with Gasteiger partial charge in [-0.25, -0.2) is 9.59 Å². The third-order valence-electron chi connectivity index (χ3n) is 1.39. The average molecular weight is 227 g/mol. The Kier molecular flexibility index (Phi) is 7.77. The summed E-state index contributed by atoms with van der Waals surface area (Å²) in [4.78, 5) is 20.9. The summed E-state index contributed by atoms with van der Waals surface area (Å²) in [7, 11) is 0. The minimum atomic E-state index is -1.23. The smallest absolute Gasteiger partial charge is 1.00 e. The molecule has 1 rings (SSSR count). The van der Waals surface area contributed by atoms with E-state index in [4.69, 9.17) is 10.2 Å². The SMILES string of the molecule is Cl.O=C(O)c1ccccc1C(=O)O.[H-].[Na+]. The molecule has 0 amide bonds. The van der Waals surface area contributed by atoms with Gasteiger partial charge in [-0.3, -0.25) is 0 Å². The number of hydrogen-bond acceptors (Lipinski definition) is 2. The number of rotatable bonds is 2. The van der Waals surface area contributed by atoms with Crippen molar-refractivity contribution in [1.82, 2.24) is 0 Å². The van der Waals surface area contributed by atoms with E-state index in [9.17, 15) is 9.59 Å². The molecule has 0 bridgehead atoms. The Morgan fingerprint density at radius 2 is 1.29 bits per heavy atom. The quantitative estimate of drug-likeness (QED) is 0.610. The summed E-state index contributed by atoms with van der Waals surface area (Å²) in [5, 5.41) is 17.1. The molecule has 0 atom stereocenters. The molecule has 0 unspecified atom stereocenters. The van der Waals surface area contributed by atoms with Gasteiger partial charge in [-0.1, -0.05) is 12.1 Å². The third kappa shape index (κ3) is 3.67. The number of halogens is 1. The molecule has 0 radical (unpaired) electrons. The molecule has 0 fully saturated rings. The Hall–Kier alpha value is -0.550. The second-order valence-electron chi connectivity index (χ2n) is 2.16. The normalized spacial score (nSPS) is 8.00. The molecular formula is C8H8ClNaO4. The van der Waals surface area contributed by atoms with Crippen molar-refractivity contribution in [2.45, 2.75) is 0 Å². The van der Waals surface area contributed by atoms with Crippen LogP contribution in [0.2, 0.25) is 0 Å². The van der Waals surface area contributed by atoms with Crippen molar-refractivity contribution in [2.24, 2.45) is 0 Å². The first-order valence-electron chi connectivity index (χ1n) is 3.18. The Balaban J connectivity index is -0.000000480. The molecule has 2 N–H and O–H groups in total. The van der Waals surface area contributed by atoms with Crippen LogP contribution in [0, 0.1) is 0 Å². The minimum Gasteiger partial charge on any atom is -1.00 e. The van der Waals surface area contributed by atoms with Crippen molar-refractivity contribution in [1.29, 1.82) is 0 Å². The van der Waals surface area contributed by atoms with Crippen molar-refractivity contribution in [3.8, 4) is 0 Å². The first kappa shape index (κ1) is 15.9. The predicted octanol–water partition coefficient (Wildman–Crippen LogP) is -1.38. The summed E-state index contributed by atoms with van der Waals surface area (Å²) in [6.45, 7) is 0. The van der Waals surface area contributed by atoms with E-state index in [1.54, 1.807) is 0 Å². The molecule has 6 heteroatoms. The van der Waals surface area contributed by atoms with Crippen molar-refractivity contribution < 1.29 is 50.8 Å². The summed E-state index contributed by atoms with van der Waals surface area (Å²) in [5.74, 6) is -2.46. The molecule has 0 heterocycles. The minimum absolute atomic E-state index is 0. The molecule has 1 aromatic rings. The molecule has 0 aliphatic heterocycles. The van der Waals surface area contributed by atoms with Gasteiger partial charge in [0.2, 0.25) is 0 Å². The van der Waals surface area contributed by atoms with Crippen LogP contribution in [0.4, 0.5) is 0 Å². The van der Waals surface area contributed by atoms with E-state index in [1.165, 1.54) is 24.3 Å². The van der Waals surface area contributed by atoms with Gasteiger partial charge in [0, 0.05) is 0 Å². The average Bonchev–Trinajstić information content (AvgIpc) is 2.04. The maximum atomic E-state index is 10.5. The molecule has 0 aliphatic rings. The van der Waals surface area contributed by atoms with Gasteiger partial charge >= 0.3 is 41.5 Å². The largest absolute Gasteiger partial charge is 1.00 e. The molecule has 14 heavy (non-hydrogen) atoms. The van der Waals surface area contributed by atoms with E-state index in [2.05, 4.69) is 0 Å². The standard InChI is InChI=1S/C8H6O4.ClH.Na.H/c9-7(10)5-3-1-2-4-6(5)8(11)12;;;/h1-4H,(H,9,10)(H,11,12);1H;;/q;;+1;-1. The van der Waals surface area contributed by atoms with Gasteiger partial charge in [-0.15, -0.1) is 12.4 Å². The molecule has 1 aromatic carbocycles. The summed E-state index contributed by atoms with van der Waals surface area (Å²) < 4.78 is 0. The van der Waals surface area contributed by atoms with Crippen LogP contribution >= 0.6 is 12.4 Å². The zero-order valence-corrected chi connectivity index (χ0v) is 10.2. The van der Waals surface area contributed by atoms with E-state index in [1.807, 2.05) is 0 Å². The maximum absolute atomic E-state index is 10.5. The summed E-state index contributed by atoms with van der Waals surface area (Å²) in [6.07, 6.45) is 0. The van der Waals surface area contributed by atoms with Gasteiger partial charge in [0.15, 0.2) is 0 Å². The van der Waals surface area contributed by atoms with Crippen molar-refractivity contribution in [2.75, 3.05) is 0 Å². The van der Waals surface area contributed by atoms with Crippen molar-refractivity contribution in [3.05, 3.63) is 35.4 Å². The number of carboxylic acids is 2. The van der Waals surface area contributed by atoms with Crippen LogP contribution in [0.5, 0.6) is 0 Å². The van der Waals surface area contributed by atoms with E-state index >= 15 is 0 Å². The van der Waals surface area contributed by atoms with E-state index < -0.39 is 11.9 Å². The second-order valence-corrected chi connectivity index (χ2v) is 2.16. The van der Waals surface area contributed by atoms with Gasteiger partial charge in [-0.05, 0) is 12.1 Å². The van der Waals surface area contributed by atoms with Gasteiger partial charge < -0.3 is 11.6 Å². The van der Waals surface area contributed by atoms with Gasteiger partial charge in [0.25, 0.3) is 0 Å². The first-order valence-corrected chi connectivity index (χ1v) is 3.18. The molecule has 4 nitrogen and oxygen atoms in total. The van der Waals surface area contributed by atoms with E-state index in [0.29, 0.717) is 0 Å². The topological polar surface area (TPSA) is 74.6 Å². The zero-order valence-electron chi connectivity index (χ0n) is 8.43. The molecule has 0 aliphatic carbocycles. The monoisotopic (exact) mass is 226 g/mol. The maximum Gasteiger partial charge on any atom is 1.00 e. The Bertz CT molecular complexity index is 312. The number of carboxylic acid groups (broad SMARTS) is 2. The van der Waals surface area contributed by atoms with E-state index in [0.717, 1.165) is 0 Å². The molecule has 0 aromatic heterocycles. The first-order chi connectivity index (χ1) is 5.63. The van der Waals surface area contributed by atoms with Crippen LogP contribution in [0.15, 0.2) is 24.3 Å². The van der Waals surface area contributed by atoms with Gasteiger partial charge in [0.05, 0.1) is 11.1 Å². The number of aromatic carboxylic acids is 2. The molecule has 72 valence electrons. The number of hydrogen-bond donors (Lipinski definition) is 2. The van der Waals surface area contributed by atoms with Crippen LogP contribution in [0.3, 0.4) is 0 Å². The summed E-state index contributed by atoms with van der Waals surface area (Å²) in [6, 6.07) is 5.48. The third-order valence-corrected chi connectivity index (χ3v) is 1.39. The molecule has 0 spiro atoms. The second kappa shape index (κ2) is 6.84. The van der Waals surface area contributed by atoms with Crippen molar-refractivity contribution in [3.63, 3.8) is 0 Å². The van der Waals surface area contributed by atoms with Gasteiger partial charge in [-0.2, -0.15) is 0 Å². The fourth-order valence-corrected chi connectivity index (χ4v) is 0.856. The molecule has 0 saturated carbocycles. The molecular weight excluding hydrogens is 219 g/mol.